The lowest BCUT2D eigenvalue weighted by Gasteiger charge is -2.13. The molecule has 1 atom stereocenters. The third kappa shape index (κ3) is 3.69. The summed E-state index contributed by atoms with van der Waals surface area (Å²) >= 11 is 1.51. The summed E-state index contributed by atoms with van der Waals surface area (Å²) in [5.41, 5.74) is 0. The van der Waals surface area contributed by atoms with Crippen molar-refractivity contribution < 1.29 is 8.42 Å². The first kappa shape index (κ1) is 16.1. The normalized spacial score (nSPS) is 13.8. The summed E-state index contributed by atoms with van der Waals surface area (Å²) in [7, 11) is -3.59. The first-order valence-electron chi connectivity index (χ1n) is 6.82. The van der Waals surface area contributed by atoms with Gasteiger partial charge in [-0.2, -0.15) is 5.10 Å². The van der Waals surface area contributed by atoms with Crippen LogP contribution in [-0.2, 0) is 10.0 Å². The second-order valence-corrected chi connectivity index (χ2v) is 8.12. The summed E-state index contributed by atoms with van der Waals surface area (Å²) in [6.45, 7) is 7.78. The van der Waals surface area contributed by atoms with Crippen LogP contribution in [0, 0.1) is 6.92 Å². The molecule has 0 spiro atoms. The zero-order valence-corrected chi connectivity index (χ0v) is 14.2. The van der Waals surface area contributed by atoms with Gasteiger partial charge in [-0.3, -0.25) is 4.68 Å². The molecule has 21 heavy (non-hydrogen) atoms. The van der Waals surface area contributed by atoms with Crippen LogP contribution in [0.1, 0.15) is 49.2 Å². The Morgan fingerprint density at radius 2 is 2.10 bits per heavy atom. The topological polar surface area (TPSA) is 76.9 Å². The molecule has 1 N–H and O–H groups in total. The third-order valence-electron chi connectivity index (χ3n) is 3.06. The molecule has 0 radical (unpaired) electrons. The lowest BCUT2D eigenvalue weighted by atomic mass is 10.3. The predicted octanol–water partition coefficient (Wildman–Crippen LogP) is 2.66. The number of nitrogens with one attached hydrogen (secondary N) is 1. The average molecular weight is 328 g/mol. The highest BCUT2D eigenvalue weighted by atomic mass is 32.2. The van der Waals surface area contributed by atoms with E-state index >= 15 is 0 Å². The molecule has 0 unspecified atom stereocenters. The minimum Gasteiger partial charge on any atom is -0.269 e. The Bertz CT molecular complexity index is 703. The maximum atomic E-state index is 12.4. The van der Waals surface area contributed by atoms with Crippen molar-refractivity contribution in [2.45, 2.75) is 51.1 Å². The maximum Gasteiger partial charge on any atom is 0.244 e. The molecule has 0 aliphatic rings. The highest BCUT2D eigenvalue weighted by Crippen LogP contribution is 2.24. The van der Waals surface area contributed by atoms with Crippen LogP contribution in [0.3, 0.4) is 0 Å². The molecule has 0 saturated carbocycles. The minimum atomic E-state index is -3.59. The van der Waals surface area contributed by atoms with Gasteiger partial charge < -0.3 is 0 Å². The summed E-state index contributed by atoms with van der Waals surface area (Å²) in [6.07, 6.45) is 5.33. The fourth-order valence-electron chi connectivity index (χ4n) is 1.84. The molecular weight excluding hydrogens is 308 g/mol. The second kappa shape index (κ2) is 6.25. The van der Waals surface area contributed by atoms with E-state index in [-0.39, 0.29) is 17.0 Å². The average Bonchev–Trinajstić information content (AvgIpc) is 3.04. The zero-order valence-electron chi connectivity index (χ0n) is 12.6. The smallest absolute Gasteiger partial charge is 0.244 e. The second-order valence-electron chi connectivity index (χ2n) is 5.14. The number of sulfonamides is 1. The van der Waals surface area contributed by atoms with E-state index in [4.69, 9.17) is 0 Å². The van der Waals surface area contributed by atoms with Crippen LogP contribution in [0.2, 0.25) is 0 Å². The lowest BCUT2D eigenvalue weighted by Crippen LogP contribution is -2.28. The first-order chi connectivity index (χ1) is 9.83. The van der Waals surface area contributed by atoms with Crippen LogP contribution < -0.4 is 4.72 Å². The van der Waals surface area contributed by atoms with Crippen molar-refractivity contribution in [1.82, 2.24) is 19.5 Å². The van der Waals surface area contributed by atoms with Crippen molar-refractivity contribution in [1.29, 1.82) is 0 Å². The van der Waals surface area contributed by atoms with Gasteiger partial charge in [0.25, 0.3) is 0 Å². The molecule has 116 valence electrons. The predicted molar refractivity (Wildman–Crippen MR) is 82.8 cm³/mol. The number of aryl methyl sites for hydroxylation is 1. The molecule has 0 amide bonds. The molecular formula is C13H20N4O2S2. The van der Waals surface area contributed by atoms with Crippen molar-refractivity contribution in [3.05, 3.63) is 28.5 Å². The van der Waals surface area contributed by atoms with E-state index in [0.29, 0.717) is 6.42 Å². The van der Waals surface area contributed by atoms with Crippen LogP contribution in [0.15, 0.2) is 23.5 Å². The van der Waals surface area contributed by atoms with Crippen LogP contribution >= 0.6 is 11.3 Å². The summed E-state index contributed by atoms with van der Waals surface area (Å²) in [5.74, 6) is 0. The molecule has 0 aliphatic heterocycles. The highest BCUT2D eigenvalue weighted by molar-refractivity contribution is 7.89. The Kier molecular flexibility index (Phi) is 4.80. The van der Waals surface area contributed by atoms with Crippen LogP contribution in [0.5, 0.6) is 0 Å². The number of aromatic nitrogens is 3. The quantitative estimate of drug-likeness (QED) is 0.884. The molecule has 0 fully saturated rings. The van der Waals surface area contributed by atoms with Gasteiger partial charge in [-0.05, 0) is 27.2 Å². The fourth-order valence-corrected chi connectivity index (χ4v) is 4.04. The van der Waals surface area contributed by atoms with E-state index < -0.39 is 10.0 Å². The van der Waals surface area contributed by atoms with Crippen molar-refractivity contribution in [2.24, 2.45) is 0 Å². The van der Waals surface area contributed by atoms with Gasteiger partial charge in [0.15, 0.2) is 0 Å². The van der Waals surface area contributed by atoms with E-state index in [1.165, 1.54) is 17.5 Å². The largest absolute Gasteiger partial charge is 0.269 e. The molecule has 0 aromatic carbocycles. The van der Waals surface area contributed by atoms with E-state index in [9.17, 15) is 8.42 Å². The van der Waals surface area contributed by atoms with Crippen LogP contribution in [0.25, 0.3) is 0 Å². The Morgan fingerprint density at radius 3 is 2.57 bits per heavy atom. The van der Waals surface area contributed by atoms with E-state index in [1.807, 2.05) is 27.7 Å². The molecule has 2 heterocycles. The van der Waals surface area contributed by atoms with Gasteiger partial charge in [-0.1, -0.05) is 6.92 Å². The summed E-state index contributed by atoms with van der Waals surface area (Å²) in [5, 5.41) is 4.86. The zero-order chi connectivity index (χ0) is 15.6. The standard InChI is InChI=1S/C13H20N4O2S2/c1-5-12(13-14-6-10(4)20-13)16-21(18,19)11-7-15-17(8-11)9(2)3/h6-9,12,16H,5H2,1-4H3/t12-/m1/s1. The summed E-state index contributed by atoms with van der Waals surface area (Å²) in [6, 6.07) is -0.186. The summed E-state index contributed by atoms with van der Waals surface area (Å²) < 4.78 is 29.2. The molecule has 0 bridgehead atoms. The molecule has 2 aromatic rings. The van der Waals surface area contributed by atoms with E-state index in [2.05, 4.69) is 14.8 Å². The van der Waals surface area contributed by atoms with Gasteiger partial charge in [0.1, 0.15) is 9.90 Å². The molecule has 0 saturated heterocycles. The minimum absolute atomic E-state index is 0.123. The third-order valence-corrected chi connectivity index (χ3v) is 5.51. The molecule has 2 rings (SSSR count). The van der Waals surface area contributed by atoms with Crippen molar-refractivity contribution in [3.8, 4) is 0 Å². The first-order valence-corrected chi connectivity index (χ1v) is 9.12. The number of hydrogen-bond donors (Lipinski definition) is 1. The summed E-state index contributed by atoms with van der Waals surface area (Å²) in [4.78, 5) is 5.52. The van der Waals surface area contributed by atoms with Crippen molar-refractivity contribution in [3.63, 3.8) is 0 Å². The van der Waals surface area contributed by atoms with Crippen molar-refractivity contribution >= 4 is 21.4 Å². The van der Waals surface area contributed by atoms with Gasteiger partial charge in [-0.25, -0.2) is 18.1 Å². The fraction of sp³-hybridized carbons (Fsp3) is 0.538. The Hall–Kier alpha value is -1.25. The van der Waals surface area contributed by atoms with Gasteiger partial charge in [0.05, 0.1) is 12.2 Å². The van der Waals surface area contributed by atoms with Gasteiger partial charge >= 0.3 is 0 Å². The monoisotopic (exact) mass is 328 g/mol. The van der Waals surface area contributed by atoms with E-state index in [0.717, 1.165) is 9.88 Å². The lowest BCUT2D eigenvalue weighted by molar-refractivity contribution is 0.529. The Balaban J connectivity index is 2.22. The van der Waals surface area contributed by atoms with Crippen molar-refractivity contribution in [2.75, 3.05) is 0 Å². The SMILES string of the molecule is CC[C@@H](NS(=O)(=O)c1cnn(C(C)C)c1)c1ncc(C)s1. The Labute approximate surface area is 129 Å². The van der Waals surface area contributed by atoms with Gasteiger partial charge in [0, 0.05) is 23.3 Å². The molecule has 2 aromatic heterocycles. The number of nitrogens with zero attached hydrogens (tertiary/aromatic N) is 3. The van der Waals surface area contributed by atoms with Gasteiger partial charge in [0.2, 0.25) is 10.0 Å². The van der Waals surface area contributed by atoms with Crippen LogP contribution in [-0.4, -0.2) is 23.2 Å². The number of hydrogen-bond acceptors (Lipinski definition) is 5. The van der Waals surface area contributed by atoms with E-state index in [1.54, 1.807) is 17.1 Å². The number of rotatable bonds is 6. The van der Waals surface area contributed by atoms with Gasteiger partial charge in [-0.15, -0.1) is 11.3 Å². The van der Waals surface area contributed by atoms with Crippen LogP contribution in [0.4, 0.5) is 0 Å². The molecule has 6 nitrogen and oxygen atoms in total. The molecule has 8 heteroatoms. The highest BCUT2D eigenvalue weighted by Gasteiger charge is 2.23. The Morgan fingerprint density at radius 1 is 1.38 bits per heavy atom. The number of thiazole rings is 1. The maximum absolute atomic E-state index is 12.4. The molecule has 0 aliphatic carbocycles.